The Balaban J connectivity index is 1.72. The van der Waals surface area contributed by atoms with Crippen molar-refractivity contribution in [2.45, 2.75) is 25.7 Å². The van der Waals surface area contributed by atoms with Crippen LogP contribution in [-0.4, -0.2) is 33.9 Å². The minimum Gasteiger partial charge on any atom is -0.284 e. The van der Waals surface area contributed by atoms with Crippen LogP contribution in [0.1, 0.15) is 12.8 Å². The minimum atomic E-state index is -4.21. The van der Waals surface area contributed by atoms with E-state index in [1.54, 1.807) is 17.0 Å². The fraction of sp³-hybridized carbons (Fsp3) is 0.368. The van der Waals surface area contributed by atoms with E-state index in [1.165, 1.54) is 16.0 Å². The molecule has 0 radical (unpaired) electrons. The van der Waals surface area contributed by atoms with Crippen molar-refractivity contribution in [3.63, 3.8) is 0 Å². The highest BCUT2D eigenvalue weighted by Crippen LogP contribution is 2.33. The summed E-state index contributed by atoms with van der Waals surface area (Å²) in [5.41, 5.74) is 0.407. The third-order valence-electron chi connectivity index (χ3n) is 4.92. The van der Waals surface area contributed by atoms with Crippen molar-refractivity contribution in [1.29, 1.82) is 0 Å². The SMILES string of the molecule is O=c1c2ccccc2c(-c2cccs2)nn1CN1CCCC(C(F)(F)F)C1. The van der Waals surface area contributed by atoms with Gasteiger partial charge in [0, 0.05) is 11.9 Å². The van der Waals surface area contributed by atoms with E-state index in [0.717, 1.165) is 10.3 Å². The van der Waals surface area contributed by atoms with E-state index in [0.29, 0.717) is 24.0 Å². The Bertz CT molecular complexity index is 998. The van der Waals surface area contributed by atoms with Crippen LogP contribution in [0.2, 0.25) is 0 Å². The van der Waals surface area contributed by atoms with Gasteiger partial charge in [0.2, 0.25) is 0 Å². The molecular formula is C19H18F3N3OS. The van der Waals surface area contributed by atoms with E-state index in [-0.39, 0.29) is 25.2 Å². The second-order valence-electron chi connectivity index (χ2n) is 6.78. The standard InChI is InChI=1S/C19H18F3N3OS/c20-19(21,22)13-5-3-9-24(11-13)12-25-18(26)15-7-2-1-6-14(15)17(23-25)16-8-4-10-27-16/h1-2,4,6-8,10,13H,3,5,9,11-12H2. The Labute approximate surface area is 157 Å². The molecule has 1 unspecified atom stereocenters. The second kappa shape index (κ2) is 7.09. The number of fused-ring (bicyclic) bond motifs is 1. The third kappa shape index (κ3) is 3.64. The van der Waals surface area contributed by atoms with Crippen molar-refractivity contribution in [2.75, 3.05) is 13.1 Å². The van der Waals surface area contributed by atoms with E-state index in [1.807, 2.05) is 29.6 Å². The number of hydrogen-bond acceptors (Lipinski definition) is 4. The molecule has 27 heavy (non-hydrogen) atoms. The molecule has 0 spiro atoms. The van der Waals surface area contributed by atoms with Crippen molar-refractivity contribution in [3.8, 4) is 10.6 Å². The van der Waals surface area contributed by atoms with E-state index < -0.39 is 12.1 Å². The van der Waals surface area contributed by atoms with E-state index in [9.17, 15) is 18.0 Å². The lowest BCUT2D eigenvalue weighted by molar-refractivity contribution is -0.188. The van der Waals surface area contributed by atoms with Crippen LogP contribution in [0.4, 0.5) is 13.2 Å². The summed E-state index contributed by atoms with van der Waals surface area (Å²) >= 11 is 1.52. The summed E-state index contributed by atoms with van der Waals surface area (Å²) in [4.78, 5) is 15.4. The summed E-state index contributed by atoms with van der Waals surface area (Å²) in [5, 5.41) is 7.73. The lowest BCUT2D eigenvalue weighted by Gasteiger charge is -2.33. The van der Waals surface area contributed by atoms with Crippen LogP contribution in [0, 0.1) is 5.92 Å². The second-order valence-corrected chi connectivity index (χ2v) is 7.72. The molecule has 0 saturated carbocycles. The van der Waals surface area contributed by atoms with Gasteiger partial charge in [0.15, 0.2) is 0 Å². The van der Waals surface area contributed by atoms with Gasteiger partial charge in [-0.05, 0) is 36.9 Å². The monoisotopic (exact) mass is 393 g/mol. The summed E-state index contributed by atoms with van der Waals surface area (Å²) in [6.07, 6.45) is -3.60. The number of benzene rings is 1. The highest BCUT2D eigenvalue weighted by molar-refractivity contribution is 7.13. The Morgan fingerprint density at radius 1 is 1.15 bits per heavy atom. The first-order chi connectivity index (χ1) is 12.9. The predicted molar refractivity (Wildman–Crippen MR) is 99.7 cm³/mol. The number of rotatable bonds is 3. The largest absolute Gasteiger partial charge is 0.393 e. The highest BCUT2D eigenvalue weighted by atomic mass is 32.1. The van der Waals surface area contributed by atoms with Crippen LogP contribution in [0.3, 0.4) is 0 Å². The molecule has 1 atom stereocenters. The van der Waals surface area contributed by atoms with Gasteiger partial charge in [-0.3, -0.25) is 9.69 Å². The van der Waals surface area contributed by atoms with Crippen LogP contribution < -0.4 is 5.56 Å². The van der Waals surface area contributed by atoms with Crippen LogP contribution in [0.25, 0.3) is 21.3 Å². The van der Waals surface area contributed by atoms with E-state index in [2.05, 4.69) is 5.10 Å². The molecular weight excluding hydrogens is 375 g/mol. The van der Waals surface area contributed by atoms with Crippen molar-refractivity contribution in [2.24, 2.45) is 5.92 Å². The van der Waals surface area contributed by atoms with Crippen molar-refractivity contribution in [3.05, 3.63) is 52.1 Å². The highest BCUT2D eigenvalue weighted by Gasteiger charge is 2.41. The molecule has 1 aliphatic rings. The summed E-state index contributed by atoms with van der Waals surface area (Å²) in [6, 6.07) is 11.1. The maximum atomic E-state index is 13.1. The fourth-order valence-corrected chi connectivity index (χ4v) is 4.29. The van der Waals surface area contributed by atoms with Crippen LogP contribution in [0.5, 0.6) is 0 Å². The topological polar surface area (TPSA) is 38.1 Å². The Kier molecular flexibility index (Phi) is 4.77. The molecule has 1 fully saturated rings. The number of halogens is 3. The summed E-state index contributed by atoms with van der Waals surface area (Å²) < 4.78 is 40.5. The number of piperidine rings is 1. The van der Waals surface area contributed by atoms with Gasteiger partial charge in [0.05, 0.1) is 22.8 Å². The number of likely N-dealkylation sites (tertiary alicyclic amines) is 1. The molecule has 3 heterocycles. The molecule has 0 bridgehead atoms. The summed E-state index contributed by atoms with van der Waals surface area (Å²) in [5.74, 6) is -1.35. The molecule has 0 aliphatic carbocycles. The average Bonchev–Trinajstić information content (AvgIpc) is 3.18. The zero-order valence-corrected chi connectivity index (χ0v) is 15.3. The molecule has 0 N–H and O–H groups in total. The number of aromatic nitrogens is 2. The number of nitrogens with zero attached hydrogens (tertiary/aromatic N) is 3. The lowest BCUT2D eigenvalue weighted by Crippen LogP contribution is -2.44. The fourth-order valence-electron chi connectivity index (χ4n) is 3.57. The van der Waals surface area contributed by atoms with Gasteiger partial charge >= 0.3 is 6.18 Å². The summed E-state index contributed by atoms with van der Waals surface area (Å²) in [7, 11) is 0. The quantitative estimate of drug-likeness (QED) is 0.664. The van der Waals surface area contributed by atoms with Crippen LogP contribution in [-0.2, 0) is 6.67 Å². The van der Waals surface area contributed by atoms with Gasteiger partial charge in [-0.25, -0.2) is 4.68 Å². The normalized spacial score (nSPS) is 18.9. The first-order valence-corrected chi connectivity index (χ1v) is 9.64. The third-order valence-corrected chi connectivity index (χ3v) is 5.80. The maximum Gasteiger partial charge on any atom is 0.393 e. The molecule has 1 aliphatic heterocycles. The molecule has 4 rings (SSSR count). The number of thiophene rings is 1. The van der Waals surface area contributed by atoms with Gasteiger partial charge in [0.25, 0.3) is 5.56 Å². The molecule has 1 saturated heterocycles. The van der Waals surface area contributed by atoms with E-state index in [4.69, 9.17) is 0 Å². The zero-order chi connectivity index (χ0) is 19.0. The van der Waals surface area contributed by atoms with Gasteiger partial charge in [-0.2, -0.15) is 18.3 Å². The molecule has 1 aromatic carbocycles. The molecule has 4 nitrogen and oxygen atoms in total. The predicted octanol–water partition coefficient (Wildman–Crippen LogP) is 4.36. The Morgan fingerprint density at radius 3 is 2.63 bits per heavy atom. The van der Waals surface area contributed by atoms with Crippen LogP contribution >= 0.6 is 11.3 Å². The van der Waals surface area contributed by atoms with Gasteiger partial charge < -0.3 is 0 Å². The molecule has 142 valence electrons. The minimum absolute atomic E-state index is 0.0641. The molecule has 0 amide bonds. The molecule has 8 heteroatoms. The van der Waals surface area contributed by atoms with Crippen molar-refractivity contribution >= 4 is 22.1 Å². The van der Waals surface area contributed by atoms with Gasteiger partial charge in [0.1, 0.15) is 5.69 Å². The van der Waals surface area contributed by atoms with Crippen molar-refractivity contribution < 1.29 is 13.2 Å². The van der Waals surface area contributed by atoms with E-state index >= 15 is 0 Å². The maximum absolute atomic E-state index is 13.1. The number of alkyl halides is 3. The Hall–Kier alpha value is -2.19. The van der Waals surface area contributed by atoms with Gasteiger partial charge in [-0.1, -0.05) is 24.3 Å². The molecule has 2 aromatic heterocycles. The van der Waals surface area contributed by atoms with Crippen molar-refractivity contribution in [1.82, 2.24) is 14.7 Å². The first-order valence-electron chi connectivity index (χ1n) is 8.76. The first kappa shape index (κ1) is 18.2. The zero-order valence-electron chi connectivity index (χ0n) is 14.4. The van der Waals surface area contributed by atoms with Gasteiger partial charge in [-0.15, -0.1) is 11.3 Å². The Morgan fingerprint density at radius 2 is 1.93 bits per heavy atom. The lowest BCUT2D eigenvalue weighted by atomic mass is 9.98. The molecule has 3 aromatic rings. The number of hydrogen-bond donors (Lipinski definition) is 0. The smallest absolute Gasteiger partial charge is 0.284 e. The average molecular weight is 393 g/mol. The van der Waals surface area contributed by atoms with Crippen LogP contribution in [0.15, 0.2) is 46.6 Å². The summed E-state index contributed by atoms with van der Waals surface area (Å²) in [6.45, 7) is 0.495.